The Kier molecular flexibility index (Phi) is 6.09. The van der Waals surface area contributed by atoms with Crippen molar-refractivity contribution in [2.75, 3.05) is 23.3 Å². The molecular weight excluding hydrogens is 345 g/mol. The first-order chi connectivity index (χ1) is 12.5. The van der Waals surface area contributed by atoms with Crippen molar-refractivity contribution in [1.82, 2.24) is 5.32 Å². The molecule has 2 aromatic rings. The molecule has 26 heavy (non-hydrogen) atoms. The fourth-order valence-corrected chi connectivity index (χ4v) is 3.71. The Labute approximate surface area is 160 Å². The summed E-state index contributed by atoms with van der Waals surface area (Å²) in [5.41, 5.74) is 3.10. The van der Waals surface area contributed by atoms with Gasteiger partial charge in [-0.15, -0.1) is 0 Å². The Morgan fingerprint density at radius 2 is 2.00 bits per heavy atom. The molecule has 1 aliphatic rings. The van der Waals surface area contributed by atoms with Gasteiger partial charge in [-0.3, -0.25) is 0 Å². The van der Waals surface area contributed by atoms with E-state index in [1.165, 1.54) is 36.2 Å². The fourth-order valence-electron chi connectivity index (χ4n) is 3.41. The minimum absolute atomic E-state index is 0.0675. The molecule has 2 aromatic carbocycles. The van der Waals surface area contributed by atoms with E-state index in [0.717, 1.165) is 19.0 Å². The molecule has 0 aromatic heterocycles. The van der Waals surface area contributed by atoms with Gasteiger partial charge in [-0.2, -0.15) is 0 Å². The first kappa shape index (κ1) is 18.6. The van der Waals surface area contributed by atoms with Crippen molar-refractivity contribution in [3.05, 3.63) is 59.9 Å². The van der Waals surface area contributed by atoms with Crippen LogP contribution in [-0.4, -0.2) is 18.2 Å². The van der Waals surface area contributed by atoms with Crippen molar-refractivity contribution in [3.63, 3.8) is 0 Å². The van der Waals surface area contributed by atoms with E-state index in [0.29, 0.717) is 10.8 Å². The van der Waals surface area contributed by atoms with Crippen LogP contribution in [0.5, 0.6) is 0 Å². The first-order valence-electron chi connectivity index (χ1n) is 9.19. The predicted molar refractivity (Wildman–Crippen MR) is 111 cm³/mol. The minimum Gasteiger partial charge on any atom is -0.371 e. The summed E-state index contributed by atoms with van der Waals surface area (Å²) in [7, 11) is 0. The second-order valence-electron chi connectivity index (χ2n) is 7.12. The third-order valence-electron chi connectivity index (χ3n) is 4.85. The Hall–Kier alpha value is -2.14. The SMILES string of the molecule is CC1CCCN(c2ccc(C(C)NC(=S)Nc3cccc(F)c3)cc2)C1. The summed E-state index contributed by atoms with van der Waals surface area (Å²) in [6.45, 7) is 6.66. The van der Waals surface area contributed by atoms with Crippen LogP contribution in [0.1, 0.15) is 38.3 Å². The zero-order valence-corrected chi connectivity index (χ0v) is 16.2. The molecule has 1 aliphatic heterocycles. The molecule has 2 N–H and O–H groups in total. The molecule has 0 saturated carbocycles. The maximum atomic E-state index is 13.3. The quantitative estimate of drug-likeness (QED) is 0.731. The van der Waals surface area contributed by atoms with Gasteiger partial charge in [0.15, 0.2) is 5.11 Å². The number of rotatable bonds is 4. The molecule has 5 heteroatoms. The summed E-state index contributed by atoms with van der Waals surface area (Å²) in [6.07, 6.45) is 2.59. The monoisotopic (exact) mass is 371 g/mol. The standard InChI is InChI=1S/C21H26FN3S/c1-15-5-4-12-25(14-15)20-10-8-17(9-11-20)16(2)23-21(26)24-19-7-3-6-18(22)13-19/h3,6-11,13,15-16H,4-5,12,14H2,1-2H3,(H2,23,24,26). The number of piperidine rings is 1. The van der Waals surface area contributed by atoms with E-state index in [4.69, 9.17) is 12.2 Å². The fraction of sp³-hybridized carbons (Fsp3) is 0.381. The van der Waals surface area contributed by atoms with Gasteiger partial charge in [0.2, 0.25) is 0 Å². The lowest BCUT2D eigenvalue weighted by atomic mass is 9.99. The highest BCUT2D eigenvalue weighted by Gasteiger charge is 2.17. The maximum absolute atomic E-state index is 13.3. The van der Waals surface area contributed by atoms with Crippen molar-refractivity contribution in [3.8, 4) is 0 Å². The highest BCUT2D eigenvalue weighted by Crippen LogP contribution is 2.24. The van der Waals surface area contributed by atoms with Crippen molar-refractivity contribution in [2.45, 2.75) is 32.7 Å². The lowest BCUT2D eigenvalue weighted by Crippen LogP contribution is -2.34. The highest BCUT2D eigenvalue weighted by molar-refractivity contribution is 7.80. The van der Waals surface area contributed by atoms with Crippen LogP contribution >= 0.6 is 12.2 Å². The van der Waals surface area contributed by atoms with Crippen LogP contribution < -0.4 is 15.5 Å². The van der Waals surface area contributed by atoms with Gasteiger partial charge in [-0.05, 0) is 73.8 Å². The molecule has 0 radical (unpaired) electrons. The summed E-state index contributed by atoms with van der Waals surface area (Å²) in [4.78, 5) is 2.46. The van der Waals surface area contributed by atoms with Gasteiger partial charge in [0.25, 0.3) is 0 Å². The topological polar surface area (TPSA) is 27.3 Å². The molecule has 0 spiro atoms. The van der Waals surface area contributed by atoms with Crippen molar-refractivity contribution >= 4 is 28.7 Å². The molecule has 2 unspecified atom stereocenters. The Bertz CT molecular complexity index is 747. The van der Waals surface area contributed by atoms with Crippen molar-refractivity contribution < 1.29 is 4.39 Å². The zero-order valence-electron chi connectivity index (χ0n) is 15.3. The number of halogens is 1. The second-order valence-corrected chi connectivity index (χ2v) is 7.52. The Morgan fingerprint density at radius 3 is 2.69 bits per heavy atom. The third kappa shape index (κ3) is 4.94. The molecule has 0 aliphatic carbocycles. The van der Waals surface area contributed by atoms with Crippen LogP contribution in [-0.2, 0) is 0 Å². The van der Waals surface area contributed by atoms with Gasteiger partial charge in [0.1, 0.15) is 5.82 Å². The van der Waals surface area contributed by atoms with Gasteiger partial charge in [0, 0.05) is 24.5 Å². The van der Waals surface area contributed by atoms with Gasteiger partial charge >= 0.3 is 0 Å². The van der Waals surface area contributed by atoms with E-state index < -0.39 is 0 Å². The summed E-state index contributed by atoms with van der Waals surface area (Å²) in [6, 6.07) is 15.0. The maximum Gasteiger partial charge on any atom is 0.171 e. The van der Waals surface area contributed by atoms with Crippen LogP contribution in [0.4, 0.5) is 15.8 Å². The highest BCUT2D eigenvalue weighted by atomic mass is 32.1. The number of benzene rings is 2. The van der Waals surface area contributed by atoms with Gasteiger partial charge in [0.05, 0.1) is 6.04 Å². The first-order valence-corrected chi connectivity index (χ1v) is 9.60. The average Bonchev–Trinajstić information content (AvgIpc) is 2.61. The smallest absolute Gasteiger partial charge is 0.171 e. The van der Waals surface area contributed by atoms with E-state index in [1.807, 2.05) is 0 Å². The molecule has 3 nitrogen and oxygen atoms in total. The van der Waals surface area contributed by atoms with Gasteiger partial charge < -0.3 is 15.5 Å². The van der Waals surface area contributed by atoms with E-state index in [-0.39, 0.29) is 11.9 Å². The summed E-state index contributed by atoms with van der Waals surface area (Å²) in [5, 5.41) is 6.76. The van der Waals surface area contributed by atoms with Crippen LogP contribution in [0.2, 0.25) is 0 Å². The molecule has 1 heterocycles. The van der Waals surface area contributed by atoms with Crippen molar-refractivity contribution in [2.24, 2.45) is 5.92 Å². The third-order valence-corrected chi connectivity index (χ3v) is 5.07. The molecule has 1 saturated heterocycles. The molecule has 3 rings (SSSR count). The van der Waals surface area contributed by atoms with Crippen LogP contribution in [0.15, 0.2) is 48.5 Å². The summed E-state index contributed by atoms with van der Waals surface area (Å²) >= 11 is 5.34. The lowest BCUT2D eigenvalue weighted by molar-refractivity contribution is 0.447. The van der Waals surface area contributed by atoms with Crippen LogP contribution in [0.25, 0.3) is 0 Å². The Morgan fingerprint density at radius 1 is 1.23 bits per heavy atom. The zero-order chi connectivity index (χ0) is 18.5. The van der Waals surface area contributed by atoms with Gasteiger partial charge in [-0.25, -0.2) is 4.39 Å². The molecule has 2 atom stereocenters. The summed E-state index contributed by atoms with van der Waals surface area (Å²) < 4.78 is 13.3. The number of nitrogens with one attached hydrogen (secondary N) is 2. The molecule has 0 amide bonds. The minimum atomic E-state index is -0.284. The average molecular weight is 372 g/mol. The van der Waals surface area contributed by atoms with E-state index >= 15 is 0 Å². The number of thiocarbonyl (C=S) groups is 1. The lowest BCUT2D eigenvalue weighted by Gasteiger charge is -2.33. The van der Waals surface area contributed by atoms with E-state index in [9.17, 15) is 4.39 Å². The molecule has 138 valence electrons. The molecule has 1 fully saturated rings. The number of anilines is 2. The summed E-state index contributed by atoms with van der Waals surface area (Å²) in [5.74, 6) is 0.476. The second kappa shape index (κ2) is 8.49. The van der Waals surface area contributed by atoms with E-state index in [1.54, 1.807) is 12.1 Å². The predicted octanol–water partition coefficient (Wildman–Crippen LogP) is 5.11. The molecular formula is C21H26FN3S. The Balaban J connectivity index is 1.57. The van der Waals surface area contributed by atoms with Crippen LogP contribution in [0.3, 0.4) is 0 Å². The molecule has 0 bridgehead atoms. The normalized spacial score (nSPS) is 18.3. The number of hydrogen-bond acceptors (Lipinski definition) is 2. The van der Waals surface area contributed by atoms with E-state index in [2.05, 4.69) is 53.6 Å². The largest absolute Gasteiger partial charge is 0.371 e. The number of nitrogens with zero attached hydrogens (tertiary/aromatic N) is 1. The number of hydrogen-bond donors (Lipinski definition) is 2. The van der Waals surface area contributed by atoms with Crippen molar-refractivity contribution in [1.29, 1.82) is 0 Å². The van der Waals surface area contributed by atoms with Gasteiger partial charge in [-0.1, -0.05) is 25.1 Å². The van der Waals surface area contributed by atoms with Crippen LogP contribution in [0, 0.1) is 11.7 Å².